The van der Waals surface area contributed by atoms with Crippen LogP contribution in [-0.2, 0) is 6.42 Å². The van der Waals surface area contributed by atoms with Crippen molar-refractivity contribution < 1.29 is 9.90 Å². The smallest absolute Gasteiger partial charge is 0.254 e. The number of rotatable bonds is 5. The number of carbonyl (C=O) groups excluding carboxylic acids is 1. The van der Waals surface area contributed by atoms with Gasteiger partial charge in [-0.1, -0.05) is 12.1 Å². The fourth-order valence-corrected chi connectivity index (χ4v) is 3.24. The molecule has 0 fully saturated rings. The van der Waals surface area contributed by atoms with E-state index in [4.69, 9.17) is 0 Å². The third-order valence-electron chi connectivity index (χ3n) is 2.81. The van der Waals surface area contributed by atoms with Crippen LogP contribution in [0.25, 0.3) is 0 Å². The van der Waals surface area contributed by atoms with Gasteiger partial charge >= 0.3 is 0 Å². The summed E-state index contributed by atoms with van der Waals surface area (Å²) in [6, 6.07) is 8.80. The molecule has 3 N–H and O–H groups in total. The minimum absolute atomic E-state index is 0.0879. The Kier molecular flexibility index (Phi) is 5.03. The zero-order chi connectivity index (χ0) is 14.5. The van der Waals surface area contributed by atoms with Crippen molar-refractivity contribution >= 4 is 38.2 Å². The molecule has 106 valence electrons. The lowest BCUT2D eigenvalue weighted by molar-refractivity contribution is 0.0955. The molecule has 0 spiro atoms. The third-order valence-corrected chi connectivity index (χ3v) is 4.46. The number of phenolic OH excluding ortho intramolecular Hbond substituents is 1. The van der Waals surface area contributed by atoms with Crippen LogP contribution in [0.2, 0.25) is 0 Å². The molecule has 0 saturated carbocycles. The fraction of sp³-hybridized carbons (Fsp3) is 0.214. The van der Waals surface area contributed by atoms with Crippen LogP contribution in [0.4, 0.5) is 5.00 Å². The van der Waals surface area contributed by atoms with Crippen LogP contribution in [-0.4, -0.2) is 24.6 Å². The number of nitrogens with one attached hydrogen (secondary N) is 2. The third kappa shape index (κ3) is 3.74. The van der Waals surface area contributed by atoms with E-state index in [1.165, 1.54) is 11.3 Å². The molecule has 0 atom stereocenters. The van der Waals surface area contributed by atoms with Gasteiger partial charge in [0.25, 0.3) is 5.91 Å². The predicted molar refractivity (Wildman–Crippen MR) is 85.7 cm³/mol. The highest BCUT2D eigenvalue weighted by molar-refractivity contribution is 9.11. The van der Waals surface area contributed by atoms with Crippen LogP contribution in [0.3, 0.4) is 0 Å². The van der Waals surface area contributed by atoms with E-state index < -0.39 is 0 Å². The van der Waals surface area contributed by atoms with Gasteiger partial charge in [-0.05, 0) is 46.1 Å². The maximum Gasteiger partial charge on any atom is 0.254 e. The van der Waals surface area contributed by atoms with E-state index in [0.29, 0.717) is 12.1 Å². The maximum atomic E-state index is 12.1. The molecular weight excluding hydrogens is 340 g/mol. The van der Waals surface area contributed by atoms with Gasteiger partial charge in [0.15, 0.2) is 0 Å². The molecule has 1 aromatic heterocycles. The number of amides is 1. The summed E-state index contributed by atoms with van der Waals surface area (Å²) < 4.78 is 0.922. The number of halogens is 1. The molecule has 0 aliphatic carbocycles. The van der Waals surface area contributed by atoms with Crippen molar-refractivity contribution in [3.63, 3.8) is 0 Å². The number of benzene rings is 1. The van der Waals surface area contributed by atoms with Gasteiger partial charge in [0, 0.05) is 13.6 Å². The van der Waals surface area contributed by atoms with Crippen molar-refractivity contribution in [1.29, 1.82) is 0 Å². The highest BCUT2D eigenvalue weighted by atomic mass is 79.9. The minimum Gasteiger partial charge on any atom is -0.508 e. The first kappa shape index (κ1) is 14.9. The van der Waals surface area contributed by atoms with Crippen molar-refractivity contribution in [3.05, 3.63) is 45.2 Å². The van der Waals surface area contributed by atoms with E-state index in [2.05, 4.69) is 26.6 Å². The van der Waals surface area contributed by atoms with Crippen molar-refractivity contribution in [1.82, 2.24) is 5.32 Å². The highest BCUT2D eigenvalue weighted by Gasteiger charge is 2.13. The highest BCUT2D eigenvalue weighted by Crippen LogP contribution is 2.31. The van der Waals surface area contributed by atoms with Crippen LogP contribution in [0, 0.1) is 0 Å². The Morgan fingerprint density at radius 1 is 1.35 bits per heavy atom. The lowest BCUT2D eigenvalue weighted by Crippen LogP contribution is -2.25. The molecule has 6 heteroatoms. The summed E-state index contributed by atoms with van der Waals surface area (Å²) in [6.45, 7) is 0.556. The van der Waals surface area contributed by atoms with E-state index in [9.17, 15) is 9.90 Å². The molecule has 1 aromatic carbocycles. The number of aromatic hydroxyl groups is 1. The number of phenols is 1. The van der Waals surface area contributed by atoms with Gasteiger partial charge in [-0.3, -0.25) is 4.79 Å². The molecule has 0 aliphatic heterocycles. The Morgan fingerprint density at radius 2 is 2.05 bits per heavy atom. The second-order valence-electron chi connectivity index (χ2n) is 4.22. The van der Waals surface area contributed by atoms with Crippen LogP contribution in [0.1, 0.15) is 15.9 Å². The van der Waals surface area contributed by atoms with Gasteiger partial charge < -0.3 is 15.7 Å². The number of hydrogen-bond donors (Lipinski definition) is 3. The quantitative estimate of drug-likeness (QED) is 0.772. The first-order valence-corrected chi connectivity index (χ1v) is 7.74. The van der Waals surface area contributed by atoms with Crippen molar-refractivity contribution in [2.24, 2.45) is 0 Å². The fourth-order valence-electron chi connectivity index (χ4n) is 1.79. The van der Waals surface area contributed by atoms with Gasteiger partial charge in [0.05, 0.1) is 9.35 Å². The van der Waals surface area contributed by atoms with E-state index in [1.54, 1.807) is 19.2 Å². The van der Waals surface area contributed by atoms with Crippen LogP contribution in [0.15, 0.2) is 34.1 Å². The van der Waals surface area contributed by atoms with E-state index in [-0.39, 0.29) is 11.7 Å². The van der Waals surface area contributed by atoms with Gasteiger partial charge in [-0.2, -0.15) is 0 Å². The molecular formula is C14H15BrN2O2S. The minimum atomic E-state index is -0.0879. The predicted octanol–water partition coefficient (Wildman–Crippen LogP) is 3.23. The molecule has 0 unspecified atom stereocenters. The van der Waals surface area contributed by atoms with E-state index in [1.807, 2.05) is 18.2 Å². The molecule has 0 aliphatic rings. The SMILES string of the molecule is CNc1sc(Br)cc1C(=O)NCCc1ccc(O)cc1. The molecule has 0 radical (unpaired) electrons. The maximum absolute atomic E-state index is 12.1. The van der Waals surface area contributed by atoms with Crippen LogP contribution >= 0.6 is 27.3 Å². The summed E-state index contributed by atoms with van der Waals surface area (Å²) in [5, 5.41) is 16.0. The molecule has 2 rings (SSSR count). The van der Waals surface area contributed by atoms with E-state index >= 15 is 0 Å². The Balaban J connectivity index is 1.90. The summed E-state index contributed by atoms with van der Waals surface area (Å²) in [6.07, 6.45) is 0.728. The van der Waals surface area contributed by atoms with E-state index in [0.717, 1.165) is 20.8 Å². The average molecular weight is 355 g/mol. The monoisotopic (exact) mass is 354 g/mol. The number of hydrogen-bond acceptors (Lipinski definition) is 4. The summed E-state index contributed by atoms with van der Waals surface area (Å²) in [4.78, 5) is 12.1. The summed E-state index contributed by atoms with van der Waals surface area (Å²) >= 11 is 4.87. The van der Waals surface area contributed by atoms with Crippen LogP contribution < -0.4 is 10.6 Å². The van der Waals surface area contributed by atoms with Crippen molar-refractivity contribution in [3.8, 4) is 5.75 Å². The number of anilines is 1. The summed E-state index contributed by atoms with van der Waals surface area (Å²) in [5.41, 5.74) is 1.72. The van der Waals surface area contributed by atoms with Gasteiger partial charge in [0.2, 0.25) is 0 Å². The standard InChI is InChI=1S/C14H15BrN2O2S/c1-16-14-11(8-12(15)20-14)13(19)17-7-6-9-2-4-10(18)5-3-9/h2-5,8,16,18H,6-7H2,1H3,(H,17,19). The van der Waals surface area contributed by atoms with Gasteiger partial charge in [0.1, 0.15) is 10.8 Å². The first-order valence-electron chi connectivity index (χ1n) is 6.13. The molecule has 1 heterocycles. The normalized spacial score (nSPS) is 10.3. The molecule has 2 aromatic rings. The topological polar surface area (TPSA) is 61.4 Å². The molecule has 4 nitrogen and oxygen atoms in total. The second-order valence-corrected chi connectivity index (χ2v) is 6.65. The lowest BCUT2D eigenvalue weighted by Gasteiger charge is -2.06. The number of thiophene rings is 1. The van der Waals surface area contributed by atoms with Gasteiger partial charge in [-0.15, -0.1) is 11.3 Å². The lowest BCUT2D eigenvalue weighted by atomic mass is 10.1. The Hall–Kier alpha value is -1.53. The van der Waals surface area contributed by atoms with Gasteiger partial charge in [-0.25, -0.2) is 0 Å². The summed E-state index contributed by atoms with van der Waals surface area (Å²) in [7, 11) is 1.80. The number of carbonyl (C=O) groups is 1. The summed E-state index contributed by atoms with van der Waals surface area (Å²) in [5.74, 6) is 0.162. The first-order chi connectivity index (χ1) is 9.60. The Morgan fingerprint density at radius 3 is 2.70 bits per heavy atom. The Labute approximate surface area is 130 Å². The zero-order valence-electron chi connectivity index (χ0n) is 10.9. The van der Waals surface area contributed by atoms with Crippen molar-refractivity contribution in [2.45, 2.75) is 6.42 Å². The zero-order valence-corrected chi connectivity index (χ0v) is 13.3. The molecule has 20 heavy (non-hydrogen) atoms. The van der Waals surface area contributed by atoms with Crippen molar-refractivity contribution in [2.75, 3.05) is 18.9 Å². The molecule has 0 saturated heterocycles. The average Bonchev–Trinajstić information content (AvgIpc) is 2.82. The Bertz CT molecular complexity index is 596. The van der Waals surface area contributed by atoms with Crippen LogP contribution in [0.5, 0.6) is 5.75 Å². The largest absolute Gasteiger partial charge is 0.508 e. The molecule has 0 bridgehead atoms. The second kappa shape index (κ2) is 6.76. The molecule has 1 amide bonds.